The fourth-order valence-electron chi connectivity index (χ4n) is 5.71. The van der Waals surface area contributed by atoms with Crippen LogP contribution in [0.25, 0.3) is 28.0 Å². The zero-order chi connectivity index (χ0) is 32.9. The van der Waals surface area contributed by atoms with Crippen LogP contribution in [0.4, 0.5) is 5.69 Å². The minimum Gasteiger partial charge on any atom is -0.506 e. The van der Waals surface area contributed by atoms with Gasteiger partial charge in [-0.2, -0.15) is 5.26 Å². The van der Waals surface area contributed by atoms with Crippen molar-refractivity contribution in [2.45, 2.75) is 27.2 Å². The van der Waals surface area contributed by atoms with E-state index in [2.05, 4.69) is 12.6 Å². The highest BCUT2D eigenvalue weighted by Gasteiger charge is 2.32. The van der Waals surface area contributed by atoms with Gasteiger partial charge >= 0.3 is 0 Å². The van der Waals surface area contributed by atoms with E-state index in [1.165, 1.54) is 10.6 Å². The van der Waals surface area contributed by atoms with E-state index in [0.717, 1.165) is 5.57 Å². The number of aromatic nitrogens is 2. The minimum atomic E-state index is -0.600. The number of nitrogens with zero attached hydrogens (tertiary/aromatic N) is 6. The first-order chi connectivity index (χ1) is 21.3. The molecule has 9 nitrogen and oxygen atoms in total. The lowest BCUT2D eigenvalue weighted by atomic mass is 9.96. The summed E-state index contributed by atoms with van der Waals surface area (Å²) >= 11 is 32.3. The van der Waals surface area contributed by atoms with Crippen molar-refractivity contribution in [3.8, 4) is 23.1 Å². The zero-order valence-corrected chi connectivity index (χ0v) is 28.3. The molecule has 2 aliphatic rings. The summed E-state index contributed by atoms with van der Waals surface area (Å²) in [5, 5.41) is 21.3. The Kier molecular flexibility index (Phi) is 9.46. The molecule has 0 bridgehead atoms. The number of nitriles is 1. The summed E-state index contributed by atoms with van der Waals surface area (Å²) < 4.78 is 1.39. The fourth-order valence-corrected chi connectivity index (χ4v) is 6.89. The van der Waals surface area contributed by atoms with Gasteiger partial charge in [0.1, 0.15) is 28.1 Å². The van der Waals surface area contributed by atoms with Crippen LogP contribution in [0.5, 0.6) is 5.75 Å². The third kappa shape index (κ3) is 5.57. The van der Waals surface area contributed by atoms with Crippen molar-refractivity contribution in [2.75, 3.05) is 37.6 Å². The third-order valence-corrected chi connectivity index (χ3v) is 10.0. The predicted octanol–water partition coefficient (Wildman–Crippen LogP) is 7.47. The highest BCUT2D eigenvalue weighted by molar-refractivity contribution is 6.53. The average molecular weight is 709 g/mol. The van der Waals surface area contributed by atoms with Crippen molar-refractivity contribution in [1.29, 1.82) is 5.26 Å². The second-order valence-electron chi connectivity index (χ2n) is 11.0. The van der Waals surface area contributed by atoms with Crippen molar-refractivity contribution in [2.24, 2.45) is 10.9 Å². The van der Waals surface area contributed by atoms with Crippen LogP contribution in [-0.2, 0) is 4.79 Å². The Morgan fingerprint density at radius 3 is 2.33 bits per heavy atom. The molecule has 234 valence electrons. The molecule has 45 heavy (non-hydrogen) atoms. The molecule has 0 aliphatic carbocycles. The number of halogens is 5. The molecule has 0 saturated carbocycles. The van der Waals surface area contributed by atoms with Gasteiger partial charge in [-0.05, 0) is 37.0 Å². The van der Waals surface area contributed by atoms with Gasteiger partial charge in [0, 0.05) is 38.1 Å². The number of fused-ring (bicyclic) bond motifs is 1. The van der Waals surface area contributed by atoms with Crippen molar-refractivity contribution in [3.05, 3.63) is 65.3 Å². The lowest BCUT2D eigenvalue weighted by Gasteiger charge is -2.37. The van der Waals surface area contributed by atoms with Crippen LogP contribution in [0.2, 0.25) is 25.1 Å². The Morgan fingerprint density at radius 2 is 1.73 bits per heavy atom. The molecule has 1 fully saturated rings. The van der Waals surface area contributed by atoms with Gasteiger partial charge in [-0.15, -0.1) is 0 Å². The number of aromatic hydroxyl groups is 1. The molecule has 1 amide bonds. The zero-order valence-electron chi connectivity index (χ0n) is 24.5. The molecule has 1 aromatic carbocycles. The number of amides is 1. The molecule has 0 radical (unpaired) electrons. The van der Waals surface area contributed by atoms with Crippen molar-refractivity contribution in [1.82, 2.24) is 14.5 Å². The van der Waals surface area contributed by atoms with E-state index in [1.807, 2.05) is 25.7 Å². The van der Waals surface area contributed by atoms with Crippen LogP contribution >= 0.6 is 58.0 Å². The van der Waals surface area contributed by atoms with Crippen LogP contribution in [-0.4, -0.2) is 63.9 Å². The van der Waals surface area contributed by atoms with Crippen molar-refractivity contribution in [3.63, 3.8) is 0 Å². The summed E-state index contributed by atoms with van der Waals surface area (Å²) in [4.78, 5) is 39.8. The van der Waals surface area contributed by atoms with Gasteiger partial charge in [-0.1, -0.05) is 78.4 Å². The van der Waals surface area contributed by atoms with Crippen LogP contribution in [0, 0.1) is 17.2 Å². The van der Waals surface area contributed by atoms with Gasteiger partial charge in [0.05, 0.1) is 48.4 Å². The number of dihydropyridines is 1. The Hall–Kier alpha value is -3.26. The van der Waals surface area contributed by atoms with Crippen LogP contribution in [0.15, 0.2) is 34.1 Å². The molecule has 14 heteroatoms. The molecule has 0 spiro atoms. The number of phenols is 1. The number of hydrogen-bond acceptors (Lipinski definition) is 7. The molecule has 1 saturated heterocycles. The number of allylic oxidation sites excluding steroid dienone is 1. The van der Waals surface area contributed by atoms with E-state index in [1.54, 1.807) is 11.0 Å². The molecular weight excluding hydrogens is 682 g/mol. The topological polar surface area (TPSA) is 115 Å². The average Bonchev–Trinajstić information content (AvgIpc) is 3.02. The maximum Gasteiger partial charge on any atom is 0.276 e. The smallest absolute Gasteiger partial charge is 0.276 e. The maximum atomic E-state index is 14.5. The molecule has 2 aromatic heterocycles. The number of pyridine rings is 2. The van der Waals surface area contributed by atoms with Gasteiger partial charge < -0.3 is 14.9 Å². The van der Waals surface area contributed by atoms with E-state index in [0.29, 0.717) is 61.6 Å². The first-order valence-electron chi connectivity index (χ1n) is 14.0. The second kappa shape index (κ2) is 12.9. The van der Waals surface area contributed by atoms with Crippen LogP contribution < -0.4 is 10.5 Å². The summed E-state index contributed by atoms with van der Waals surface area (Å²) in [6.45, 7) is 11.3. The van der Waals surface area contributed by atoms with Crippen molar-refractivity contribution < 1.29 is 9.90 Å². The van der Waals surface area contributed by atoms with Crippen molar-refractivity contribution >= 4 is 92.0 Å². The molecule has 3 aromatic rings. The number of carbonyl (C=O) groups excluding carboxylic acids is 1. The largest absolute Gasteiger partial charge is 0.506 e. The Morgan fingerprint density at radius 1 is 1.09 bits per heavy atom. The number of piperazine rings is 1. The summed E-state index contributed by atoms with van der Waals surface area (Å²) in [6.07, 6.45) is 1.85. The minimum absolute atomic E-state index is 0.00515. The lowest BCUT2D eigenvalue weighted by molar-refractivity contribution is -0.126. The number of benzene rings is 1. The first kappa shape index (κ1) is 33.1. The lowest BCUT2D eigenvalue weighted by Crippen LogP contribution is -2.49. The van der Waals surface area contributed by atoms with Gasteiger partial charge in [0.2, 0.25) is 5.91 Å². The highest BCUT2D eigenvalue weighted by Crippen LogP contribution is 2.51. The Balaban J connectivity index is 1.90. The molecule has 0 unspecified atom stereocenters. The molecule has 5 rings (SSSR count). The second-order valence-corrected chi connectivity index (χ2v) is 12.9. The van der Waals surface area contributed by atoms with E-state index in [9.17, 15) is 20.0 Å². The number of rotatable bonds is 5. The van der Waals surface area contributed by atoms with Gasteiger partial charge in [-0.25, -0.2) is 4.98 Å². The number of phenolic OH excluding ortho intramolecular Hbond substituents is 1. The Bertz CT molecular complexity index is 1920. The molecule has 4 heterocycles. The molecule has 0 atom stereocenters. The maximum absolute atomic E-state index is 14.5. The summed E-state index contributed by atoms with van der Waals surface area (Å²) in [6, 6.07) is 3.70. The third-order valence-electron chi connectivity index (χ3n) is 7.94. The van der Waals surface area contributed by atoms with E-state index >= 15 is 0 Å². The molecule has 2 aliphatic heterocycles. The number of hydrogen-bond donors (Lipinski definition) is 1. The predicted molar refractivity (Wildman–Crippen MR) is 183 cm³/mol. The standard InChI is InChI=1S/C31H27Cl5N6O3/c1-5-19(43)40-8-10-41(11-9-40)28-16-12-18(32)26(20-21(33)22(34)23(35)24(36)29(20)44)39-30(16)42(31(45)17(28)13-37)27-15(4)6-7-38-25(27)14(2)3/h5,12,14,44H,1,6-11H2,2-4H3. The number of carbonyl (C=O) groups is 1. The Labute approximate surface area is 284 Å². The molecule has 1 N–H and O–H groups in total. The van der Waals surface area contributed by atoms with Crippen LogP contribution in [0.1, 0.15) is 32.8 Å². The van der Waals surface area contributed by atoms with E-state index < -0.39 is 11.3 Å². The van der Waals surface area contributed by atoms with E-state index in [-0.39, 0.29) is 59.4 Å². The summed E-state index contributed by atoms with van der Waals surface area (Å²) in [5.74, 6) is -0.757. The highest BCUT2D eigenvalue weighted by atomic mass is 35.5. The summed E-state index contributed by atoms with van der Waals surface area (Å²) in [7, 11) is 0. The quantitative estimate of drug-likeness (QED) is 0.167. The van der Waals surface area contributed by atoms with Gasteiger partial charge in [0.15, 0.2) is 0 Å². The molecular formula is C31H27Cl5N6O3. The van der Waals surface area contributed by atoms with Gasteiger partial charge in [-0.3, -0.25) is 19.1 Å². The normalized spacial score (nSPS) is 15.5. The monoisotopic (exact) mass is 706 g/mol. The SMILES string of the molecule is C=CC(=O)N1CCN(c2c(C#N)c(=O)n(C3=C(C)CCN=C3C(C)C)c3nc(-c4c(O)c(Cl)c(Cl)c(Cl)c4Cl)c(Cl)cc23)CC1. The summed E-state index contributed by atoms with van der Waals surface area (Å²) in [5.41, 5.74) is 1.82. The first-order valence-corrected chi connectivity index (χ1v) is 15.9. The number of anilines is 1. The van der Waals surface area contributed by atoms with E-state index in [4.69, 9.17) is 68.0 Å². The van der Waals surface area contributed by atoms with Crippen LogP contribution in [0.3, 0.4) is 0 Å². The number of aliphatic imine (C=N–C) groups is 1. The fraction of sp³-hybridized carbons (Fsp3) is 0.323. The van der Waals surface area contributed by atoms with Gasteiger partial charge in [0.25, 0.3) is 5.56 Å².